The molecular formula is C13H16N2O4. The van der Waals surface area contributed by atoms with E-state index in [1.807, 2.05) is 6.92 Å². The molecule has 1 aliphatic heterocycles. The zero-order valence-corrected chi connectivity index (χ0v) is 10.6. The molecule has 2 heterocycles. The number of β-amino-alcohol motifs (C(OH)–C–C–N with tert-alkyl or cyclic N) is 1. The maximum atomic E-state index is 12.2. The number of likely N-dealkylation sites (tertiary alicyclic amines) is 1. The van der Waals surface area contributed by atoms with Gasteiger partial charge in [0.15, 0.2) is 0 Å². The van der Waals surface area contributed by atoms with Crippen LogP contribution in [0.1, 0.15) is 34.2 Å². The Morgan fingerprint density at radius 3 is 2.68 bits per heavy atom. The molecule has 2 unspecified atom stereocenters. The van der Waals surface area contributed by atoms with E-state index in [0.717, 1.165) is 6.42 Å². The van der Waals surface area contributed by atoms with Crippen molar-refractivity contribution in [1.82, 2.24) is 9.88 Å². The van der Waals surface area contributed by atoms with Crippen molar-refractivity contribution in [3.05, 3.63) is 29.6 Å². The fraction of sp³-hybridized carbons (Fsp3) is 0.462. The van der Waals surface area contributed by atoms with Gasteiger partial charge in [0.05, 0.1) is 11.7 Å². The molecule has 102 valence electrons. The van der Waals surface area contributed by atoms with Crippen LogP contribution in [-0.4, -0.2) is 51.2 Å². The largest absolute Gasteiger partial charge is 0.477 e. The Morgan fingerprint density at radius 1 is 1.42 bits per heavy atom. The molecule has 0 spiro atoms. The van der Waals surface area contributed by atoms with Crippen molar-refractivity contribution >= 4 is 11.9 Å². The Morgan fingerprint density at radius 2 is 2.16 bits per heavy atom. The number of hydrogen-bond donors (Lipinski definition) is 2. The van der Waals surface area contributed by atoms with Gasteiger partial charge in [0.25, 0.3) is 5.91 Å². The average Bonchev–Trinajstić information content (AvgIpc) is 2.41. The standard InChI is InChI=1S/C13H16N2O4/c1-8-4-5-15(7-11(8)16)12(17)9-2-3-10(13(18)19)14-6-9/h2-3,6,8,11,16H,4-5,7H2,1H3,(H,18,19). The molecule has 19 heavy (non-hydrogen) atoms. The number of nitrogens with zero attached hydrogens (tertiary/aromatic N) is 2. The van der Waals surface area contributed by atoms with Crippen molar-refractivity contribution in [1.29, 1.82) is 0 Å². The molecule has 6 heteroatoms. The summed E-state index contributed by atoms with van der Waals surface area (Å²) < 4.78 is 0. The number of rotatable bonds is 2. The third-order valence-corrected chi connectivity index (χ3v) is 3.44. The lowest BCUT2D eigenvalue weighted by Gasteiger charge is -2.34. The number of aliphatic hydroxyl groups excluding tert-OH is 1. The Hall–Kier alpha value is -1.95. The molecule has 1 amide bonds. The number of pyridine rings is 1. The van der Waals surface area contributed by atoms with E-state index in [2.05, 4.69) is 4.98 Å². The van der Waals surface area contributed by atoms with Gasteiger partial charge in [-0.2, -0.15) is 0 Å². The predicted octanol–water partition coefficient (Wildman–Crippen LogP) is 0.623. The maximum Gasteiger partial charge on any atom is 0.354 e. The number of amides is 1. The second-order valence-corrected chi connectivity index (χ2v) is 4.82. The lowest BCUT2D eigenvalue weighted by Crippen LogP contribution is -2.45. The van der Waals surface area contributed by atoms with Crippen LogP contribution in [0.2, 0.25) is 0 Å². The van der Waals surface area contributed by atoms with E-state index >= 15 is 0 Å². The normalized spacial score (nSPS) is 23.2. The summed E-state index contributed by atoms with van der Waals surface area (Å²) in [5, 5.41) is 18.5. The first-order chi connectivity index (χ1) is 8.99. The van der Waals surface area contributed by atoms with Crippen LogP contribution in [0.4, 0.5) is 0 Å². The molecule has 6 nitrogen and oxygen atoms in total. The number of carbonyl (C=O) groups excluding carboxylic acids is 1. The second kappa shape index (κ2) is 5.36. The van der Waals surface area contributed by atoms with Gasteiger partial charge in [0.2, 0.25) is 0 Å². The van der Waals surface area contributed by atoms with Crippen molar-refractivity contribution in [2.75, 3.05) is 13.1 Å². The van der Waals surface area contributed by atoms with Crippen molar-refractivity contribution in [3.63, 3.8) is 0 Å². The number of carboxylic acids is 1. The van der Waals surface area contributed by atoms with E-state index in [4.69, 9.17) is 5.11 Å². The Bertz CT molecular complexity index is 486. The van der Waals surface area contributed by atoms with Gasteiger partial charge in [-0.05, 0) is 24.5 Å². The Labute approximate surface area is 110 Å². The first-order valence-electron chi connectivity index (χ1n) is 6.15. The first kappa shape index (κ1) is 13.5. The summed E-state index contributed by atoms with van der Waals surface area (Å²) in [6, 6.07) is 2.75. The highest BCUT2D eigenvalue weighted by molar-refractivity contribution is 5.95. The molecule has 1 aromatic heterocycles. The summed E-state index contributed by atoms with van der Waals surface area (Å²) >= 11 is 0. The minimum atomic E-state index is -1.12. The smallest absolute Gasteiger partial charge is 0.354 e. The first-order valence-corrected chi connectivity index (χ1v) is 6.15. The number of hydrogen-bond acceptors (Lipinski definition) is 4. The minimum Gasteiger partial charge on any atom is -0.477 e. The summed E-state index contributed by atoms with van der Waals surface area (Å²) in [4.78, 5) is 28.1. The van der Waals surface area contributed by atoms with Crippen LogP contribution in [0.5, 0.6) is 0 Å². The predicted molar refractivity (Wildman–Crippen MR) is 66.9 cm³/mol. The van der Waals surface area contributed by atoms with Gasteiger partial charge in [-0.25, -0.2) is 9.78 Å². The van der Waals surface area contributed by atoms with Crippen molar-refractivity contribution in [2.24, 2.45) is 5.92 Å². The highest BCUT2D eigenvalue weighted by Crippen LogP contribution is 2.18. The quantitative estimate of drug-likeness (QED) is 0.817. The van der Waals surface area contributed by atoms with Gasteiger partial charge < -0.3 is 15.1 Å². The fourth-order valence-electron chi connectivity index (χ4n) is 2.06. The van der Waals surface area contributed by atoms with Crippen LogP contribution < -0.4 is 0 Å². The molecule has 1 aromatic rings. The summed E-state index contributed by atoms with van der Waals surface area (Å²) in [7, 11) is 0. The molecule has 1 fully saturated rings. The number of carboxylic acid groups (broad SMARTS) is 1. The van der Waals surface area contributed by atoms with Crippen LogP contribution in [-0.2, 0) is 0 Å². The highest BCUT2D eigenvalue weighted by Gasteiger charge is 2.28. The van der Waals surface area contributed by atoms with Crippen LogP contribution in [0.15, 0.2) is 18.3 Å². The number of aromatic carboxylic acids is 1. The summed E-state index contributed by atoms with van der Waals surface area (Å²) in [5.74, 6) is -1.16. The van der Waals surface area contributed by atoms with Crippen LogP contribution >= 0.6 is 0 Å². The van der Waals surface area contributed by atoms with Gasteiger partial charge in [0.1, 0.15) is 5.69 Å². The molecule has 2 atom stereocenters. The van der Waals surface area contributed by atoms with E-state index in [-0.39, 0.29) is 17.5 Å². The Balaban J connectivity index is 2.09. The summed E-state index contributed by atoms with van der Waals surface area (Å²) in [6.45, 7) is 2.86. The molecule has 0 radical (unpaired) electrons. The van der Waals surface area contributed by atoms with Crippen molar-refractivity contribution in [2.45, 2.75) is 19.4 Å². The molecule has 0 aliphatic carbocycles. The molecule has 0 saturated carbocycles. The zero-order chi connectivity index (χ0) is 14.0. The lowest BCUT2D eigenvalue weighted by molar-refractivity contribution is 0.0248. The minimum absolute atomic E-state index is 0.0937. The molecule has 1 saturated heterocycles. The van der Waals surface area contributed by atoms with E-state index in [1.165, 1.54) is 18.3 Å². The zero-order valence-electron chi connectivity index (χ0n) is 10.6. The number of carbonyl (C=O) groups is 2. The second-order valence-electron chi connectivity index (χ2n) is 4.82. The SMILES string of the molecule is CC1CCN(C(=O)c2ccc(C(=O)O)nc2)CC1O. The molecule has 2 N–H and O–H groups in total. The van der Waals surface area contributed by atoms with Crippen LogP contribution in [0, 0.1) is 5.92 Å². The van der Waals surface area contributed by atoms with Crippen molar-refractivity contribution in [3.8, 4) is 0 Å². The molecule has 2 rings (SSSR count). The molecule has 0 aromatic carbocycles. The van der Waals surface area contributed by atoms with Gasteiger partial charge in [-0.15, -0.1) is 0 Å². The van der Waals surface area contributed by atoms with E-state index in [9.17, 15) is 14.7 Å². The van der Waals surface area contributed by atoms with Gasteiger partial charge in [0, 0.05) is 19.3 Å². The third kappa shape index (κ3) is 2.90. The molecule has 0 bridgehead atoms. The number of aromatic nitrogens is 1. The number of aliphatic hydroxyl groups is 1. The maximum absolute atomic E-state index is 12.2. The van der Waals surface area contributed by atoms with E-state index in [1.54, 1.807) is 4.90 Å². The van der Waals surface area contributed by atoms with Crippen LogP contribution in [0.3, 0.4) is 0 Å². The summed E-state index contributed by atoms with van der Waals surface area (Å²) in [5.41, 5.74) is 0.246. The van der Waals surface area contributed by atoms with Crippen molar-refractivity contribution < 1.29 is 19.8 Å². The average molecular weight is 264 g/mol. The third-order valence-electron chi connectivity index (χ3n) is 3.44. The van der Waals surface area contributed by atoms with Gasteiger partial charge in [-0.3, -0.25) is 4.79 Å². The topological polar surface area (TPSA) is 90.7 Å². The van der Waals surface area contributed by atoms with E-state index < -0.39 is 12.1 Å². The fourth-order valence-corrected chi connectivity index (χ4v) is 2.06. The van der Waals surface area contributed by atoms with Gasteiger partial charge >= 0.3 is 5.97 Å². The highest BCUT2D eigenvalue weighted by atomic mass is 16.4. The number of piperidine rings is 1. The van der Waals surface area contributed by atoms with Gasteiger partial charge in [-0.1, -0.05) is 6.92 Å². The van der Waals surface area contributed by atoms with E-state index in [0.29, 0.717) is 18.7 Å². The summed E-state index contributed by atoms with van der Waals surface area (Å²) in [6.07, 6.45) is 1.51. The molecular weight excluding hydrogens is 248 g/mol. The lowest BCUT2D eigenvalue weighted by atomic mass is 9.95. The van der Waals surface area contributed by atoms with Crippen LogP contribution in [0.25, 0.3) is 0 Å². The Kier molecular flexibility index (Phi) is 3.80. The molecule has 1 aliphatic rings. The monoisotopic (exact) mass is 264 g/mol.